The first-order valence-corrected chi connectivity index (χ1v) is 7.20. The number of hydrogen-bond donors (Lipinski definition) is 2. The van der Waals surface area contributed by atoms with Crippen LogP contribution in [0.25, 0.3) is 0 Å². The summed E-state index contributed by atoms with van der Waals surface area (Å²) in [5.41, 5.74) is 7.07. The van der Waals surface area contributed by atoms with Gasteiger partial charge in [-0.2, -0.15) is 11.8 Å². The summed E-state index contributed by atoms with van der Waals surface area (Å²) in [5.74, 6) is 2.01. The second-order valence-electron chi connectivity index (χ2n) is 3.91. The summed E-state index contributed by atoms with van der Waals surface area (Å²) in [6.45, 7) is 0. The summed E-state index contributed by atoms with van der Waals surface area (Å²) in [6.07, 6.45) is 2.38. The van der Waals surface area contributed by atoms with Crippen molar-refractivity contribution >= 4 is 39.1 Å². The molecule has 0 radical (unpaired) electrons. The van der Waals surface area contributed by atoms with Crippen molar-refractivity contribution in [3.05, 3.63) is 22.4 Å². The number of rotatable bonds is 2. The average molecular weight is 305 g/mol. The van der Waals surface area contributed by atoms with Crippen molar-refractivity contribution in [2.45, 2.75) is 18.9 Å². The van der Waals surface area contributed by atoms with Gasteiger partial charge in [0.2, 0.25) is 0 Å². The van der Waals surface area contributed by atoms with Crippen molar-refractivity contribution in [1.29, 1.82) is 0 Å². The van der Waals surface area contributed by atoms with Gasteiger partial charge in [-0.3, -0.25) is 0 Å². The number of nitrogens with one attached hydrogen (secondary N) is 1. The summed E-state index contributed by atoms with van der Waals surface area (Å²) in [5, 5.41) is 3.37. The molecule has 1 fully saturated rings. The van der Waals surface area contributed by atoms with Crippen molar-refractivity contribution < 1.29 is 4.39 Å². The van der Waals surface area contributed by atoms with E-state index < -0.39 is 0 Å². The van der Waals surface area contributed by atoms with Crippen LogP contribution in [0.2, 0.25) is 0 Å². The van der Waals surface area contributed by atoms with Crippen LogP contribution in [0, 0.1) is 5.82 Å². The van der Waals surface area contributed by atoms with Gasteiger partial charge in [-0.1, -0.05) is 0 Å². The smallest absolute Gasteiger partial charge is 0.139 e. The highest BCUT2D eigenvalue weighted by Gasteiger charge is 2.15. The van der Waals surface area contributed by atoms with E-state index in [-0.39, 0.29) is 5.82 Å². The molecular formula is C11H14BrFN2S. The molecule has 0 spiro atoms. The van der Waals surface area contributed by atoms with Crippen molar-refractivity contribution in [1.82, 2.24) is 0 Å². The van der Waals surface area contributed by atoms with Gasteiger partial charge in [-0.05, 0) is 40.6 Å². The third-order valence-corrected chi connectivity index (χ3v) is 4.44. The Kier molecular flexibility index (Phi) is 3.97. The normalized spacial score (nSPS) is 20.8. The molecule has 0 saturated carbocycles. The molecule has 1 heterocycles. The maximum atomic E-state index is 13.2. The maximum absolute atomic E-state index is 13.2. The molecule has 2 nitrogen and oxygen atoms in total. The van der Waals surface area contributed by atoms with Gasteiger partial charge >= 0.3 is 0 Å². The van der Waals surface area contributed by atoms with Gasteiger partial charge < -0.3 is 11.1 Å². The third-order valence-electron chi connectivity index (χ3n) is 2.61. The molecule has 1 saturated heterocycles. The van der Waals surface area contributed by atoms with Gasteiger partial charge in [0.05, 0.1) is 15.8 Å². The molecule has 0 bridgehead atoms. The van der Waals surface area contributed by atoms with Gasteiger partial charge in [0.1, 0.15) is 5.82 Å². The molecule has 88 valence electrons. The molecule has 1 atom stereocenters. The molecular weight excluding hydrogens is 291 g/mol. The van der Waals surface area contributed by atoms with Gasteiger partial charge in [0.15, 0.2) is 0 Å². The molecule has 5 heteroatoms. The number of nitrogen functional groups attached to an aromatic ring is 1. The number of nitrogens with two attached hydrogens (primary N) is 1. The van der Waals surface area contributed by atoms with Gasteiger partial charge in [-0.15, -0.1) is 0 Å². The summed E-state index contributed by atoms with van der Waals surface area (Å²) in [6, 6.07) is 3.50. The minimum absolute atomic E-state index is 0.318. The standard InChI is InChI=1S/C11H14BrFN2S/c12-8-4-11(10(14)5-9(8)13)15-7-2-1-3-16-6-7/h4-5,7,15H,1-3,6,14H2. The molecule has 1 aromatic rings. The van der Waals surface area contributed by atoms with Crippen molar-refractivity contribution in [3.63, 3.8) is 0 Å². The highest BCUT2D eigenvalue weighted by molar-refractivity contribution is 9.10. The van der Waals surface area contributed by atoms with E-state index in [2.05, 4.69) is 21.2 Å². The molecule has 0 amide bonds. The minimum Gasteiger partial charge on any atom is -0.397 e. The lowest BCUT2D eigenvalue weighted by molar-refractivity contribution is 0.621. The van der Waals surface area contributed by atoms with E-state index in [9.17, 15) is 4.39 Å². The molecule has 1 aliphatic heterocycles. The Morgan fingerprint density at radius 2 is 2.31 bits per heavy atom. The fourth-order valence-corrected chi connectivity index (χ4v) is 3.18. The van der Waals surface area contributed by atoms with E-state index in [1.54, 1.807) is 6.07 Å². The summed E-state index contributed by atoms with van der Waals surface area (Å²) in [7, 11) is 0. The largest absolute Gasteiger partial charge is 0.397 e. The molecule has 1 aromatic carbocycles. The first-order valence-electron chi connectivity index (χ1n) is 5.25. The Bertz CT molecular complexity index is 380. The van der Waals surface area contributed by atoms with Crippen LogP contribution in [0.15, 0.2) is 16.6 Å². The topological polar surface area (TPSA) is 38.0 Å². The van der Waals surface area contributed by atoms with Gasteiger partial charge in [0.25, 0.3) is 0 Å². The zero-order valence-electron chi connectivity index (χ0n) is 8.80. The van der Waals surface area contributed by atoms with E-state index in [0.717, 1.165) is 17.9 Å². The number of benzene rings is 1. The number of hydrogen-bond acceptors (Lipinski definition) is 3. The molecule has 1 unspecified atom stereocenters. The number of thioether (sulfide) groups is 1. The predicted octanol–water partition coefficient (Wildman–Crippen LogP) is 3.48. The van der Waals surface area contributed by atoms with E-state index in [1.807, 2.05) is 11.8 Å². The fraction of sp³-hybridized carbons (Fsp3) is 0.455. The highest BCUT2D eigenvalue weighted by atomic mass is 79.9. The van der Waals surface area contributed by atoms with Gasteiger partial charge in [0, 0.05) is 17.9 Å². The van der Waals surface area contributed by atoms with E-state index in [1.165, 1.54) is 18.2 Å². The van der Waals surface area contributed by atoms with E-state index >= 15 is 0 Å². The van der Waals surface area contributed by atoms with Crippen LogP contribution in [-0.2, 0) is 0 Å². The van der Waals surface area contributed by atoms with Crippen LogP contribution in [0.4, 0.5) is 15.8 Å². The van der Waals surface area contributed by atoms with Crippen LogP contribution < -0.4 is 11.1 Å². The Labute approximate surface area is 107 Å². The van der Waals surface area contributed by atoms with Crippen LogP contribution in [0.5, 0.6) is 0 Å². The number of halogens is 2. The number of anilines is 2. The molecule has 3 N–H and O–H groups in total. The van der Waals surface area contributed by atoms with E-state index in [4.69, 9.17) is 5.73 Å². The lowest BCUT2D eigenvalue weighted by Gasteiger charge is -2.24. The first-order chi connectivity index (χ1) is 7.66. The zero-order valence-corrected chi connectivity index (χ0v) is 11.2. The average Bonchev–Trinajstić information content (AvgIpc) is 2.27. The third kappa shape index (κ3) is 2.83. The maximum Gasteiger partial charge on any atom is 0.139 e. The summed E-state index contributed by atoms with van der Waals surface area (Å²) in [4.78, 5) is 0. The van der Waals surface area contributed by atoms with Gasteiger partial charge in [-0.25, -0.2) is 4.39 Å². The molecule has 1 aliphatic rings. The second kappa shape index (κ2) is 5.27. The Balaban J connectivity index is 2.11. The quantitative estimate of drug-likeness (QED) is 0.822. The van der Waals surface area contributed by atoms with Crippen molar-refractivity contribution in [2.24, 2.45) is 0 Å². The Morgan fingerprint density at radius 1 is 1.50 bits per heavy atom. The lowest BCUT2D eigenvalue weighted by Crippen LogP contribution is -2.26. The van der Waals surface area contributed by atoms with Crippen LogP contribution >= 0.6 is 27.7 Å². The monoisotopic (exact) mass is 304 g/mol. The fourth-order valence-electron chi connectivity index (χ4n) is 1.76. The molecule has 0 aliphatic carbocycles. The molecule has 2 rings (SSSR count). The summed E-state index contributed by atoms with van der Waals surface area (Å²) >= 11 is 5.12. The predicted molar refractivity (Wildman–Crippen MR) is 72.5 cm³/mol. The minimum atomic E-state index is -0.318. The first kappa shape index (κ1) is 12.0. The van der Waals surface area contributed by atoms with Crippen LogP contribution in [0.3, 0.4) is 0 Å². The van der Waals surface area contributed by atoms with Crippen LogP contribution in [0.1, 0.15) is 12.8 Å². The SMILES string of the molecule is Nc1cc(F)c(Br)cc1NC1CCCSC1. The Morgan fingerprint density at radius 3 is 3.00 bits per heavy atom. The lowest BCUT2D eigenvalue weighted by atomic mass is 10.1. The Hall–Kier alpha value is -0.420. The second-order valence-corrected chi connectivity index (χ2v) is 5.92. The van der Waals surface area contributed by atoms with Crippen LogP contribution in [-0.4, -0.2) is 17.5 Å². The highest BCUT2D eigenvalue weighted by Crippen LogP contribution is 2.29. The van der Waals surface area contributed by atoms with E-state index in [0.29, 0.717) is 16.2 Å². The van der Waals surface area contributed by atoms with Crippen molar-refractivity contribution in [2.75, 3.05) is 22.6 Å². The zero-order chi connectivity index (χ0) is 11.5. The molecule has 0 aromatic heterocycles. The summed E-state index contributed by atoms with van der Waals surface area (Å²) < 4.78 is 13.6. The molecule has 16 heavy (non-hydrogen) atoms. The van der Waals surface area contributed by atoms with Crippen molar-refractivity contribution in [3.8, 4) is 0 Å².